The second-order valence-corrected chi connectivity index (χ2v) is 6.38. The summed E-state index contributed by atoms with van der Waals surface area (Å²) < 4.78 is 15.3. The Balaban J connectivity index is 1.74. The number of hydrogen-bond donors (Lipinski definition) is 1. The molecular weight excluding hydrogens is 301 g/mol. The lowest BCUT2D eigenvalue weighted by Gasteiger charge is -2.26. The highest BCUT2D eigenvalue weighted by molar-refractivity contribution is 7.99. The number of aromatic nitrogens is 4. The van der Waals surface area contributed by atoms with Gasteiger partial charge in [-0.25, -0.2) is 14.4 Å². The lowest BCUT2D eigenvalue weighted by Crippen LogP contribution is -2.17. The Labute approximate surface area is 131 Å². The first-order valence-electron chi connectivity index (χ1n) is 7.04. The third-order valence-corrected chi connectivity index (χ3v) is 4.97. The van der Waals surface area contributed by atoms with Crippen LogP contribution in [0.2, 0.25) is 0 Å². The van der Waals surface area contributed by atoms with Crippen molar-refractivity contribution in [1.29, 1.82) is 0 Å². The molecule has 5 nitrogen and oxygen atoms in total. The molecule has 3 heterocycles. The number of aryl methyl sites for hydroxylation is 1. The van der Waals surface area contributed by atoms with Crippen LogP contribution >= 0.6 is 11.8 Å². The summed E-state index contributed by atoms with van der Waals surface area (Å²) in [4.78, 5) is 9.70. The van der Waals surface area contributed by atoms with Crippen molar-refractivity contribution in [2.45, 2.75) is 17.4 Å². The third-order valence-electron chi connectivity index (χ3n) is 3.85. The summed E-state index contributed by atoms with van der Waals surface area (Å²) >= 11 is 1.76. The van der Waals surface area contributed by atoms with E-state index in [2.05, 4.69) is 20.4 Å². The maximum atomic E-state index is 13.6. The third kappa shape index (κ3) is 2.21. The van der Waals surface area contributed by atoms with E-state index in [-0.39, 0.29) is 11.9 Å². The Morgan fingerprint density at radius 1 is 1.36 bits per heavy atom. The van der Waals surface area contributed by atoms with E-state index in [0.717, 1.165) is 39.5 Å². The predicted octanol–water partition coefficient (Wildman–Crippen LogP) is 3.15. The second kappa shape index (κ2) is 5.24. The van der Waals surface area contributed by atoms with E-state index in [9.17, 15) is 4.39 Å². The Bertz CT molecular complexity index is 847. The summed E-state index contributed by atoms with van der Waals surface area (Å²) in [5.74, 6) is 1.53. The number of fused-ring (bicyclic) bond motifs is 2. The van der Waals surface area contributed by atoms with Gasteiger partial charge in [0.25, 0.3) is 0 Å². The average Bonchev–Trinajstić information content (AvgIpc) is 2.91. The molecule has 2 aromatic heterocycles. The molecule has 7 heteroatoms. The number of nitrogens with zero attached hydrogens (tertiary/aromatic N) is 4. The van der Waals surface area contributed by atoms with E-state index < -0.39 is 0 Å². The van der Waals surface area contributed by atoms with Gasteiger partial charge in [0.05, 0.1) is 17.6 Å². The summed E-state index contributed by atoms with van der Waals surface area (Å²) in [7, 11) is 1.85. The van der Waals surface area contributed by atoms with Crippen molar-refractivity contribution < 1.29 is 4.39 Å². The maximum absolute atomic E-state index is 13.6. The zero-order chi connectivity index (χ0) is 15.1. The first-order valence-corrected chi connectivity index (χ1v) is 8.02. The van der Waals surface area contributed by atoms with Crippen molar-refractivity contribution in [2.75, 3.05) is 11.1 Å². The van der Waals surface area contributed by atoms with Crippen molar-refractivity contribution >= 4 is 28.6 Å². The smallest absolute Gasteiger partial charge is 0.163 e. The van der Waals surface area contributed by atoms with Gasteiger partial charge in [-0.15, -0.1) is 11.8 Å². The molecule has 4 rings (SSSR count). The van der Waals surface area contributed by atoms with Crippen LogP contribution in [0.3, 0.4) is 0 Å². The van der Waals surface area contributed by atoms with Gasteiger partial charge in [-0.3, -0.25) is 4.68 Å². The molecule has 0 aliphatic carbocycles. The fourth-order valence-corrected chi connectivity index (χ4v) is 3.86. The molecule has 112 valence electrons. The van der Waals surface area contributed by atoms with E-state index in [4.69, 9.17) is 0 Å². The van der Waals surface area contributed by atoms with E-state index in [1.54, 1.807) is 28.7 Å². The first-order chi connectivity index (χ1) is 10.7. The van der Waals surface area contributed by atoms with Gasteiger partial charge in [-0.2, -0.15) is 5.10 Å². The van der Waals surface area contributed by atoms with Crippen LogP contribution < -0.4 is 5.32 Å². The Morgan fingerprint density at radius 2 is 2.27 bits per heavy atom. The number of benzene rings is 1. The zero-order valence-electron chi connectivity index (χ0n) is 12.0. The minimum Gasteiger partial charge on any atom is -0.362 e. The van der Waals surface area contributed by atoms with Crippen molar-refractivity contribution in [3.05, 3.63) is 42.1 Å². The molecule has 0 amide bonds. The molecule has 1 N–H and O–H groups in total. The van der Waals surface area contributed by atoms with Crippen LogP contribution in [0, 0.1) is 5.82 Å². The highest BCUT2D eigenvalue weighted by Gasteiger charge is 2.22. The molecular formula is C15H14FN5S. The monoisotopic (exact) mass is 315 g/mol. The molecule has 0 radical (unpaired) electrons. The lowest BCUT2D eigenvalue weighted by atomic mass is 10.0. The van der Waals surface area contributed by atoms with Crippen LogP contribution in [-0.2, 0) is 7.05 Å². The fraction of sp³-hybridized carbons (Fsp3) is 0.267. The molecule has 0 spiro atoms. The number of halogens is 1. The first kappa shape index (κ1) is 13.5. The van der Waals surface area contributed by atoms with E-state index in [1.807, 2.05) is 13.1 Å². The summed E-state index contributed by atoms with van der Waals surface area (Å²) in [6, 6.07) is 5.02. The molecule has 0 unspecified atom stereocenters. The Kier molecular flexibility index (Phi) is 3.22. The molecule has 0 saturated heterocycles. The highest BCUT2D eigenvalue weighted by atomic mass is 32.2. The molecule has 1 atom stereocenters. The SMILES string of the molecule is Cn1ncc2c(N[C@@H]3CCSc4ccc(F)cc43)ncnc21. The number of rotatable bonds is 2. The van der Waals surface area contributed by atoms with Gasteiger partial charge in [-0.05, 0) is 30.2 Å². The summed E-state index contributed by atoms with van der Waals surface area (Å²) in [6.45, 7) is 0. The molecule has 0 fully saturated rings. The van der Waals surface area contributed by atoms with E-state index in [0.29, 0.717) is 0 Å². The standard InChI is InChI=1S/C15H14FN5S/c1-21-15-11(7-19-21)14(17-8-18-15)20-12-4-5-22-13-3-2-9(16)6-10(12)13/h2-3,6-8,12H,4-5H2,1H3,(H,17,18,20)/t12-/m1/s1. The highest BCUT2D eigenvalue weighted by Crippen LogP contribution is 2.38. The fourth-order valence-electron chi connectivity index (χ4n) is 2.76. The van der Waals surface area contributed by atoms with Crippen LogP contribution in [0.15, 0.2) is 35.6 Å². The van der Waals surface area contributed by atoms with Gasteiger partial charge in [0.2, 0.25) is 0 Å². The number of anilines is 1. The van der Waals surface area contributed by atoms with Gasteiger partial charge < -0.3 is 5.32 Å². The van der Waals surface area contributed by atoms with Crippen molar-refractivity contribution in [2.24, 2.45) is 7.05 Å². The summed E-state index contributed by atoms with van der Waals surface area (Å²) in [5.41, 5.74) is 1.77. The molecule has 0 bridgehead atoms. The van der Waals surface area contributed by atoms with E-state index in [1.165, 1.54) is 12.4 Å². The number of nitrogens with one attached hydrogen (secondary N) is 1. The van der Waals surface area contributed by atoms with Crippen molar-refractivity contribution in [1.82, 2.24) is 19.7 Å². The number of hydrogen-bond acceptors (Lipinski definition) is 5. The zero-order valence-corrected chi connectivity index (χ0v) is 12.8. The van der Waals surface area contributed by atoms with Crippen LogP contribution in [0.5, 0.6) is 0 Å². The van der Waals surface area contributed by atoms with Crippen molar-refractivity contribution in [3.8, 4) is 0 Å². The summed E-state index contributed by atoms with van der Waals surface area (Å²) in [6.07, 6.45) is 4.20. The molecule has 0 saturated carbocycles. The van der Waals surface area contributed by atoms with Gasteiger partial charge in [0.15, 0.2) is 5.65 Å². The summed E-state index contributed by atoms with van der Waals surface area (Å²) in [5, 5.41) is 8.53. The van der Waals surface area contributed by atoms with Gasteiger partial charge in [0.1, 0.15) is 18.0 Å². The molecule has 1 aliphatic heterocycles. The molecule has 22 heavy (non-hydrogen) atoms. The Morgan fingerprint density at radius 3 is 3.18 bits per heavy atom. The van der Waals surface area contributed by atoms with E-state index >= 15 is 0 Å². The molecule has 3 aromatic rings. The number of thioether (sulfide) groups is 1. The molecule has 1 aliphatic rings. The lowest BCUT2D eigenvalue weighted by molar-refractivity contribution is 0.616. The van der Waals surface area contributed by atoms with Crippen LogP contribution in [-0.4, -0.2) is 25.5 Å². The molecule has 1 aromatic carbocycles. The van der Waals surface area contributed by atoms with Gasteiger partial charge in [-0.1, -0.05) is 0 Å². The largest absolute Gasteiger partial charge is 0.362 e. The second-order valence-electron chi connectivity index (χ2n) is 5.24. The predicted molar refractivity (Wildman–Crippen MR) is 84.4 cm³/mol. The van der Waals surface area contributed by atoms with Gasteiger partial charge in [0, 0.05) is 17.7 Å². The maximum Gasteiger partial charge on any atom is 0.163 e. The average molecular weight is 315 g/mol. The van der Waals surface area contributed by atoms with Crippen LogP contribution in [0.1, 0.15) is 18.0 Å². The normalized spacial score (nSPS) is 17.5. The van der Waals surface area contributed by atoms with Crippen molar-refractivity contribution in [3.63, 3.8) is 0 Å². The topological polar surface area (TPSA) is 55.6 Å². The minimum atomic E-state index is -0.206. The van der Waals surface area contributed by atoms with Crippen LogP contribution in [0.4, 0.5) is 10.2 Å². The van der Waals surface area contributed by atoms with Crippen LogP contribution in [0.25, 0.3) is 11.0 Å². The quantitative estimate of drug-likeness (QED) is 0.787. The minimum absolute atomic E-state index is 0.0465. The Hall–Kier alpha value is -2.15. The van der Waals surface area contributed by atoms with Gasteiger partial charge >= 0.3 is 0 Å².